The molecule has 0 amide bonds. The summed E-state index contributed by atoms with van der Waals surface area (Å²) in [5, 5.41) is 1.31. The van der Waals surface area contributed by atoms with Gasteiger partial charge in [0.25, 0.3) is 0 Å². The van der Waals surface area contributed by atoms with Crippen LogP contribution in [0.2, 0.25) is 0 Å². The molecule has 0 N–H and O–H groups in total. The van der Waals surface area contributed by atoms with Gasteiger partial charge in [0, 0.05) is 29.4 Å². The molecule has 0 spiro atoms. The molecule has 2 nitrogen and oxygen atoms in total. The second-order valence-electron chi connectivity index (χ2n) is 5.38. The van der Waals surface area contributed by atoms with Gasteiger partial charge >= 0.3 is 0 Å². The van der Waals surface area contributed by atoms with E-state index in [9.17, 15) is 0 Å². The van der Waals surface area contributed by atoms with Crippen LogP contribution in [0.1, 0.15) is 23.7 Å². The third kappa shape index (κ3) is 2.44. The summed E-state index contributed by atoms with van der Waals surface area (Å²) in [6.07, 6.45) is 1.92. The molecule has 1 aromatic carbocycles. The fraction of sp³-hybridized carbons (Fsp3) is 0.278. The zero-order valence-corrected chi connectivity index (χ0v) is 13.8. The van der Waals surface area contributed by atoms with Gasteiger partial charge in [-0.1, -0.05) is 29.8 Å². The van der Waals surface area contributed by atoms with Gasteiger partial charge in [0.1, 0.15) is 0 Å². The van der Waals surface area contributed by atoms with Crippen LogP contribution in [0.5, 0.6) is 0 Å². The van der Waals surface area contributed by atoms with Crippen molar-refractivity contribution in [2.45, 2.75) is 34.2 Å². The molecule has 0 unspecified atom stereocenters. The molecule has 3 aromatic rings. The van der Waals surface area contributed by atoms with Crippen LogP contribution in [0.3, 0.4) is 0 Å². The molecule has 0 aliphatic carbocycles. The summed E-state index contributed by atoms with van der Waals surface area (Å²) in [6, 6.07) is 10.7. The van der Waals surface area contributed by atoms with Gasteiger partial charge in [0.2, 0.25) is 0 Å². The van der Waals surface area contributed by atoms with Gasteiger partial charge in [-0.2, -0.15) is 0 Å². The monoisotopic (exact) mass is 300 g/mol. The number of rotatable bonds is 2. The summed E-state index contributed by atoms with van der Waals surface area (Å²) >= 11 is 0. The maximum Gasteiger partial charge on any atom is 0.0944 e. The molecule has 2 aromatic heterocycles. The molecular weight excluding hydrogens is 280 g/mol. The molecule has 110 valence electrons. The number of fused-ring (bicyclic) bond motifs is 1. The Balaban J connectivity index is 0.00000161. The van der Waals surface area contributed by atoms with Crippen molar-refractivity contribution in [2.24, 2.45) is 0 Å². The molecule has 0 atom stereocenters. The van der Waals surface area contributed by atoms with Crippen LogP contribution in [0.4, 0.5) is 0 Å². The van der Waals surface area contributed by atoms with Gasteiger partial charge in [-0.25, -0.2) is 0 Å². The third-order valence-corrected chi connectivity index (χ3v) is 4.19. The molecule has 0 bridgehead atoms. The average molecular weight is 301 g/mol. The van der Waals surface area contributed by atoms with Crippen LogP contribution in [-0.4, -0.2) is 9.55 Å². The summed E-state index contributed by atoms with van der Waals surface area (Å²) in [5.41, 5.74) is 7.50. The zero-order chi connectivity index (χ0) is 14.3. The van der Waals surface area contributed by atoms with Gasteiger partial charge < -0.3 is 4.57 Å². The lowest BCUT2D eigenvalue weighted by atomic mass is 10.1. The van der Waals surface area contributed by atoms with Gasteiger partial charge in [-0.3, -0.25) is 4.98 Å². The van der Waals surface area contributed by atoms with Crippen molar-refractivity contribution < 1.29 is 0 Å². The lowest BCUT2D eigenvalue weighted by Gasteiger charge is -2.09. The average Bonchev–Trinajstić information content (AvgIpc) is 2.72. The predicted octanol–water partition coefficient (Wildman–Crippen LogP) is 5.07. The second-order valence-corrected chi connectivity index (χ2v) is 5.38. The summed E-state index contributed by atoms with van der Waals surface area (Å²) in [5.74, 6) is 0. The first kappa shape index (κ1) is 15.6. The lowest BCUT2D eigenvalue weighted by Crippen LogP contribution is -1.98. The number of pyridine rings is 1. The van der Waals surface area contributed by atoms with Crippen molar-refractivity contribution in [3.8, 4) is 11.3 Å². The maximum absolute atomic E-state index is 4.65. The summed E-state index contributed by atoms with van der Waals surface area (Å²) in [7, 11) is 0. The fourth-order valence-electron chi connectivity index (χ4n) is 2.91. The van der Waals surface area contributed by atoms with Crippen LogP contribution in [-0.2, 0) is 6.54 Å². The first-order chi connectivity index (χ1) is 9.63. The molecular formula is C18H21ClN2. The topological polar surface area (TPSA) is 17.8 Å². The van der Waals surface area contributed by atoms with Crippen molar-refractivity contribution in [3.05, 3.63) is 53.3 Å². The Bertz CT molecular complexity index is 770. The normalized spacial score (nSPS) is 10.7. The minimum Gasteiger partial charge on any atom is -0.343 e. The Morgan fingerprint density at radius 3 is 2.29 bits per heavy atom. The van der Waals surface area contributed by atoms with Crippen LogP contribution in [0.15, 0.2) is 36.5 Å². The van der Waals surface area contributed by atoms with Crippen molar-refractivity contribution in [1.29, 1.82) is 0 Å². The molecule has 0 aliphatic heterocycles. The Kier molecular flexibility index (Phi) is 4.38. The molecule has 0 saturated heterocycles. The molecule has 2 heterocycles. The molecule has 0 saturated carbocycles. The van der Waals surface area contributed by atoms with E-state index >= 15 is 0 Å². The largest absolute Gasteiger partial charge is 0.343 e. The fourth-order valence-corrected chi connectivity index (χ4v) is 2.91. The van der Waals surface area contributed by atoms with E-state index in [-0.39, 0.29) is 12.4 Å². The lowest BCUT2D eigenvalue weighted by molar-refractivity contribution is 0.765. The van der Waals surface area contributed by atoms with Crippen LogP contribution >= 0.6 is 12.4 Å². The van der Waals surface area contributed by atoms with E-state index in [1.165, 1.54) is 33.3 Å². The van der Waals surface area contributed by atoms with E-state index in [2.05, 4.69) is 67.6 Å². The van der Waals surface area contributed by atoms with E-state index in [0.717, 1.165) is 12.2 Å². The van der Waals surface area contributed by atoms with E-state index in [0.29, 0.717) is 0 Å². The number of aromatic nitrogens is 2. The van der Waals surface area contributed by atoms with Gasteiger partial charge in [-0.05, 0) is 39.3 Å². The summed E-state index contributed by atoms with van der Waals surface area (Å²) in [4.78, 5) is 4.65. The smallest absolute Gasteiger partial charge is 0.0944 e. The molecule has 0 aliphatic rings. The minimum absolute atomic E-state index is 0. The highest BCUT2D eigenvalue weighted by Gasteiger charge is 2.15. The second kappa shape index (κ2) is 5.90. The van der Waals surface area contributed by atoms with E-state index in [4.69, 9.17) is 0 Å². The predicted molar refractivity (Wildman–Crippen MR) is 92.3 cm³/mol. The SMILES string of the molecule is CCn1c(C)c(C)c2ccnc(-c3ccc(C)cc3)c21.Cl. The van der Waals surface area contributed by atoms with E-state index in [1.54, 1.807) is 0 Å². The maximum atomic E-state index is 4.65. The zero-order valence-electron chi connectivity index (χ0n) is 13.0. The molecule has 0 radical (unpaired) electrons. The molecule has 3 rings (SSSR count). The first-order valence-electron chi connectivity index (χ1n) is 7.15. The van der Waals surface area contributed by atoms with Crippen molar-refractivity contribution >= 4 is 23.3 Å². The first-order valence-corrected chi connectivity index (χ1v) is 7.15. The van der Waals surface area contributed by atoms with Crippen molar-refractivity contribution in [2.75, 3.05) is 0 Å². The van der Waals surface area contributed by atoms with Crippen LogP contribution in [0.25, 0.3) is 22.2 Å². The number of aryl methyl sites for hydroxylation is 3. The molecule has 3 heteroatoms. The van der Waals surface area contributed by atoms with Crippen molar-refractivity contribution in [3.63, 3.8) is 0 Å². The third-order valence-electron chi connectivity index (χ3n) is 4.19. The highest BCUT2D eigenvalue weighted by molar-refractivity contribution is 5.95. The molecule has 21 heavy (non-hydrogen) atoms. The number of halogens is 1. The van der Waals surface area contributed by atoms with Gasteiger partial charge in [0.15, 0.2) is 0 Å². The van der Waals surface area contributed by atoms with Crippen LogP contribution < -0.4 is 0 Å². The number of hydrogen-bond donors (Lipinski definition) is 0. The Morgan fingerprint density at radius 1 is 1.00 bits per heavy atom. The Hall–Kier alpha value is -1.80. The Morgan fingerprint density at radius 2 is 1.67 bits per heavy atom. The van der Waals surface area contributed by atoms with Gasteiger partial charge in [-0.15, -0.1) is 12.4 Å². The summed E-state index contributed by atoms with van der Waals surface area (Å²) < 4.78 is 2.37. The number of benzene rings is 1. The highest BCUT2D eigenvalue weighted by Crippen LogP contribution is 2.32. The van der Waals surface area contributed by atoms with Crippen LogP contribution in [0, 0.1) is 20.8 Å². The summed E-state index contributed by atoms with van der Waals surface area (Å²) in [6.45, 7) is 9.67. The number of nitrogens with zero attached hydrogens (tertiary/aromatic N) is 2. The number of hydrogen-bond acceptors (Lipinski definition) is 1. The standard InChI is InChI=1S/C18H20N2.ClH/c1-5-20-14(4)13(3)16-10-11-19-17(18(16)20)15-8-6-12(2)7-9-15;/h6-11H,5H2,1-4H3;1H. The van der Waals surface area contributed by atoms with Crippen molar-refractivity contribution in [1.82, 2.24) is 9.55 Å². The minimum atomic E-state index is 0. The van der Waals surface area contributed by atoms with E-state index in [1.807, 2.05) is 6.20 Å². The van der Waals surface area contributed by atoms with Gasteiger partial charge in [0.05, 0.1) is 11.2 Å². The highest BCUT2D eigenvalue weighted by atomic mass is 35.5. The Labute approximate surface area is 132 Å². The molecule has 0 fully saturated rings. The van der Waals surface area contributed by atoms with E-state index < -0.39 is 0 Å². The quantitative estimate of drug-likeness (QED) is 0.646.